The van der Waals surface area contributed by atoms with E-state index in [0.717, 1.165) is 22.2 Å². The number of para-hydroxylation sites is 2. The van der Waals surface area contributed by atoms with Crippen molar-refractivity contribution in [3.8, 4) is 0 Å². The highest BCUT2D eigenvalue weighted by atomic mass is 19.1. The van der Waals surface area contributed by atoms with E-state index in [1.807, 2.05) is 59.2 Å². The second-order valence-corrected chi connectivity index (χ2v) is 7.33. The molecule has 1 N–H and O–H groups in total. The van der Waals surface area contributed by atoms with Crippen molar-refractivity contribution in [2.75, 3.05) is 5.32 Å². The van der Waals surface area contributed by atoms with Crippen LogP contribution < -0.4 is 5.32 Å². The number of nitrogens with zero attached hydrogens (tertiary/aromatic N) is 3. The Kier molecular flexibility index (Phi) is 4.92. The molecule has 3 aromatic carbocycles. The standard InChI is InChI=1S/C24H19FN4O2/c25-18-12-10-17(11-13-18)20-14-22(31-28-20)23(30)27-24-26-19-8-4-5-9-21(19)29(24)15-16-6-2-1-3-7-16/h1-13,22H,14-15H2,(H,26,27,30). The Morgan fingerprint density at radius 1 is 1.03 bits per heavy atom. The number of halogens is 1. The Bertz CT molecular complexity index is 1270. The molecule has 0 fully saturated rings. The third-order valence-corrected chi connectivity index (χ3v) is 5.21. The van der Waals surface area contributed by atoms with Crippen LogP contribution in [0.1, 0.15) is 17.5 Å². The molecule has 0 bridgehead atoms. The minimum absolute atomic E-state index is 0.302. The number of aromatic nitrogens is 2. The maximum atomic E-state index is 13.2. The van der Waals surface area contributed by atoms with Gasteiger partial charge >= 0.3 is 0 Å². The van der Waals surface area contributed by atoms with E-state index in [4.69, 9.17) is 4.84 Å². The number of benzene rings is 3. The van der Waals surface area contributed by atoms with Gasteiger partial charge in [-0.2, -0.15) is 0 Å². The summed E-state index contributed by atoms with van der Waals surface area (Å²) in [4.78, 5) is 22.9. The third kappa shape index (κ3) is 3.90. The van der Waals surface area contributed by atoms with Crippen LogP contribution in [0.5, 0.6) is 0 Å². The van der Waals surface area contributed by atoms with Gasteiger partial charge in [0.1, 0.15) is 5.82 Å². The van der Waals surface area contributed by atoms with Gasteiger partial charge in [-0.05, 0) is 35.4 Å². The van der Waals surface area contributed by atoms with Crippen molar-refractivity contribution in [3.63, 3.8) is 0 Å². The lowest BCUT2D eigenvalue weighted by Crippen LogP contribution is -2.29. The quantitative estimate of drug-likeness (QED) is 0.528. The molecule has 1 atom stereocenters. The summed E-state index contributed by atoms with van der Waals surface area (Å²) >= 11 is 0. The summed E-state index contributed by atoms with van der Waals surface area (Å²) in [5.74, 6) is -0.200. The molecule has 0 aliphatic carbocycles. The molecule has 1 unspecified atom stereocenters. The molecule has 1 amide bonds. The molecule has 0 saturated carbocycles. The second-order valence-electron chi connectivity index (χ2n) is 7.33. The zero-order valence-corrected chi connectivity index (χ0v) is 16.5. The van der Waals surface area contributed by atoms with Crippen LogP contribution in [-0.2, 0) is 16.2 Å². The highest BCUT2D eigenvalue weighted by molar-refractivity contribution is 6.06. The third-order valence-electron chi connectivity index (χ3n) is 5.21. The normalized spacial score (nSPS) is 15.5. The number of rotatable bonds is 5. The number of carbonyl (C=O) groups excluding carboxylic acids is 1. The Morgan fingerprint density at radius 2 is 1.77 bits per heavy atom. The molecule has 2 heterocycles. The molecule has 1 aliphatic heterocycles. The second kappa shape index (κ2) is 8.02. The molecule has 154 valence electrons. The van der Waals surface area contributed by atoms with Gasteiger partial charge in [-0.3, -0.25) is 10.1 Å². The number of nitrogens with one attached hydrogen (secondary N) is 1. The van der Waals surface area contributed by atoms with Gasteiger partial charge in [0.15, 0.2) is 0 Å². The van der Waals surface area contributed by atoms with E-state index in [2.05, 4.69) is 15.5 Å². The molecular formula is C24H19FN4O2. The predicted molar refractivity (Wildman–Crippen MR) is 116 cm³/mol. The van der Waals surface area contributed by atoms with Gasteiger partial charge in [0, 0.05) is 6.42 Å². The van der Waals surface area contributed by atoms with Crippen LogP contribution in [-0.4, -0.2) is 27.3 Å². The van der Waals surface area contributed by atoms with E-state index >= 15 is 0 Å². The lowest BCUT2D eigenvalue weighted by Gasteiger charge is -2.12. The molecule has 0 radical (unpaired) electrons. The summed E-state index contributed by atoms with van der Waals surface area (Å²) in [5.41, 5.74) is 4.16. The Labute approximate surface area is 178 Å². The van der Waals surface area contributed by atoms with E-state index in [0.29, 0.717) is 24.6 Å². The lowest BCUT2D eigenvalue weighted by atomic mass is 10.0. The van der Waals surface area contributed by atoms with Crippen LogP contribution in [0.25, 0.3) is 11.0 Å². The number of oxime groups is 1. The molecule has 0 saturated heterocycles. The highest BCUT2D eigenvalue weighted by Crippen LogP contribution is 2.23. The summed E-state index contributed by atoms with van der Waals surface area (Å²) in [6.07, 6.45) is -0.471. The topological polar surface area (TPSA) is 68.5 Å². The van der Waals surface area contributed by atoms with Crippen LogP contribution in [0.15, 0.2) is 84.0 Å². The fourth-order valence-electron chi connectivity index (χ4n) is 3.62. The maximum absolute atomic E-state index is 13.2. The fraction of sp³-hybridized carbons (Fsp3) is 0.125. The Morgan fingerprint density at radius 3 is 2.58 bits per heavy atom. The fourth-order valence-corrected chi connectivity index (χ4v) is 3.62. The van der Waals surface area contributed by atoms with Gasteiger partial charge in [-0.25, -0.2) is 9.37 Å². The van der Waals surface area contributed by atoms with Crippen molar-refractivity contribution in [2.24, 2.45) is 5.16 Å². The minimum atomic E-state index is -0.773. The Hall–Kier alpha value is -4.00. The van der Waals surface area contributed by atoms with Crippen molar-refractivity contribution in [1.82, 2.24) is 9.55 Å². The average Bonchev–Trinajstić information content (AvgIpc) is 3.41. The van der Waals surface area contributed by atoms with Gasteiger partial charge in [-0.15, -0.1) is 0 Å². The van der Waals surface area contributed by atoms with E-state index in [-0.39, 0.29) is 11.7 Å². The van der Waals surface area contributed by atoms with E-state index < -0.39 is 6.10 Å². The van der Waals surface area contributed by atoms with Crippen LogP contribution in [0.2, 0.25) is 0 Å². The highest BCUT2D eigenvalue weighted by Gasteiger charge is 2.30. The molecule has 7 heteroatoms. The van der Waals surface area contributed by atoms with Crippen LogP contribution >= 0.6 is 0 Å². The first-order chi connectivity index (χ1) is 15.2. The van der Waals surface area contributed by atoms with E-state index in [1.165, 1.54) is 12.1 Å². The SMILES string of the molecule is O=C(Nc1nc2ccccc2n1Cc1ccccc1)C1CC(c2ccc(F)cc2)=NO1. The van der Waals surface area contributed by atoms with Gasteiger partial charge in [-0.1, -0.05) is 59.8 Å². The van der Waals surface area contributed by atoms with Crippen molar-refractivity contribution < 1.29 is 14.0 Å². The zero-order chi connectivity index (χ0) is 21.2. The molecule has 4 aromatic rings. The smallest absolute Gasteiger partial charge is 0.271 e. The number of anilines is 1. The molecule has 1 aliphatic rings. The summed E-state index contributed by atoms with van der Waals surface area (Å²) in [6, 6.07) is 23.7. The molecule has 0 spiro atoms. The predicted octanol–water partition coefficient (Wildman–Crippen LogP) is 4.36. The van der Waals surface area contributed by atoms with Crippen LogP contribution in [0.3, 0.4) is 0 Å². The number of carbonyl (C=O) groups is 1. The number of hydrogen-bond acceptors (Lipinski definition) is 4. The average molecular weight is 414 g/mol. The van der Waals surface area contributed by atoms with E-state index in [1.54, 1.807) is 12.1 Å². The van der Waals surface area contributed by atoms with Gasteiger partial charge < -0.3 is 9.40 Å². The lowest BCUT2D eigenvalue weighted by molar-refractivity contribution is -0.125. The van der Waals surface area contributed by atoms with Crippen LogP contribution in [0.4, 0.5) is 10.3 Å². The monoisotopic (exact) mass is 414 g/mol. The summed E-state index contributed by atoms with van der Waals surface area (Å²) < 4.78 is 15.1. The number of hydrogen-bond donors (Lipinski definition) is 1. The summed E-state index contributed by atoms with van der Waals surface area (Å²) in [5, 5.41) is 6.92. The van der Waals surface area contributed by atoms with E-state index in [9.17, 15) is 9.18 Å². The van der Waals surface area contributed by atoms with Crippen molar-refractivity contribution in [3.05, 3.63) is 95.8 Å². The first-order valence-electron chi connectivity index (χ1n) is 9.96. The number of amides is 1. The number of fused-ring (bicyclic) bond motifs is 1. The summed E-state index contributed by atoms with van der Waals surface area (Å²) in [6.45, 7) is 0.569. The number of imidazole rings is 1. The molecular weight excluding hydrogens is 395 g/mol. The molecule has 31 heavy (non-hydrogen) atoms. The van der Waals surface area contributed by atoms with Crippen LogP contribution in [0, 0.1) is 5.82 Å². The Balaban J connectivity index is 1.36. The van der Waals surface area contributed by atoms with Crippen molar-refractivity contribution >= 4 is 28.6 Å². The van der Waals surface area contributed by atoms with Crippen molar-refractivity contribution in [2.45, 2.75) is 19.1 Å². The maximum Gasteiger partial charge on any atom is 0.271 e. The molecule has 5 rings (SSSR count). The van der Waals surface area contributed by atoms with Crippen molar-refractivity contribution in [1.29, 1.82) is 0 Å². The largest absolute Gasteiger partial charge is 0.382 e. The zero-order valence-electron chi connectivity index (χ0n) is 16.5. The first-order valence-corrected chi connectivity index (χ1v) is 9.96. The molecule has 6 nitrogen and oxygen atoms in total. The summed E-state index contributed by atoms with van der Waals surface area (Å²) in [7, 11) is 0. The first kappa shape index (κ1) is 19.0. The van der Waals surface area contributed by atoms with Gasteiger partial charge in [0.2, 0.25) is 12.1 Å². The van der Waals surface area contributed by atoms with Gasteiger partial charge in [0.25, 0.3) is 5.91 Å². The molecule has 1 aromatic heterocycles. The minimum Gasteiger partial charge on any atom is -0.382 e. The van der Waals surface area contributed by atoms with Gasteiger partial charge in [0.05, 0.1) is 23.3 Å².